The number of halogens is 1. The number of nitrogens with one attached hydrogen (secondary N) is 1. The number of hydrogen-bond donors (Lipinski definition) is 1. The highest BCUT2D eigenvalue weighted by Gasteiger charge is 2.38. The van der Waals surface area contributed by atoms with Gasteiger partial charge in [0.1, 0.15) is 0 Å². The van der Waals surface area contributed by atoms with Crippen molar-refractivity contribution in [3.63, 3.8) is 0 Å². The fraction of sp³-hybridized carbons (Fsp3) is 0.538. The molecule has 8 heteroatoms. The molecule has 1 aromatic heterocycles. The van der Waals surface area contributed by atoms with E-state index in [9.17, 15) is 9.59 Å². The molecule has 1 fully saturated rings. The summed E-state index contributed by atoms with van der Waals surface area (Å²) in [4.78, 5) is 25.3. The zero-order chi connectivity index (χ0) is 25.1. The van der Waals surface area contributed by atoms with E-state index in [1.807, 2.05) is 12.1 Å². The summed E-state index contributed by atoms with van der Waals surface area (Å²) in [6.07, 6.45) is 3.44. The quantitative estimate of drug-likeness (QED) is 0.359. The number of esters is 2. The molecule has 1 heterocycles. The van der Waals surface area contributed by atoms with E-state index in [0.29, 0.717) is 15.4 Å². The first-order chi connectivity index (χ1) is 15.9. The van der Waals surface area contributed by atoms with E-state index in [1.165, 1.54) is 24.9 Å². The molecule has 1 aliphatic carbocycles. The van der Waals surface area contributed by atoms with E-state index in [0.717, 1.165) is 29.0 Å². The van der Waals surface area contributed by atoms with Gasteiger partial charge in [-0.05, 0) is 70.6 Å². The molecule has 186 valence electrons. The Kier molecular flexibility index (Phi) is 8.34. The molecule has 2 aromatic rings. The minimum atomic E-state index is -0.517. The number of ether oxygens (including phenoxy) is 3. The third kappa shape index (κ3) is 6.54. The Labute approximate surface area is 214 Å². The van der Waals surface area contributed by atoms with Gasteiger partial charge in [0.05, 0.1) is 23.1 Å². The molecule has 1 aliphatic rings. The van der Waals surface area contributed by atoms with Crippen LogP contribution < -0.4 is 10.1 Å². The maximum Gasteiger partial charge on any atom is 0.351 e. The lowest BCUT2D eigenvalue weighted by Crippen LogP contribution is -2.40. The number of thiophene rings is 1. The van der Waals surface area contributed by atoms with Crippen LogP contribution >= 0.6 is 27.3 Å². The highest BCUT2D eigenvalue weighted by atomic mass is 79.9. The number of benzene rings is 1. The average molecular weight is 553 g/mol. The molecule has 0 saturated heterocycles. The highest BCUT2D eigenvalue weighted by Crippen LogP contribution is 2.48. The summed E-state index contributed by atoms with van der Waals surface area (Å²) in [6.45, 7) is 11.1. The second-order valence-corrected chi connectivity index (χ2v) is 12.1. The molecule has 0 aliphatic heterocycles. The second kappa shape index (κ2) is 10.7. The van der Waals surface area contributed by atoms with Crippen molar-refractivity contribution in [3.05, 3.63) is 33.6 Å². The standard InChI is InChI=1S/C26H34BrNO5S/c1-7-32-19(29)14-33-21-20(27)22(34-23(21)24(30)31-6)16-9-8-10-17(11-16)28-18-12-25(2,3)15-26(4,5)13-18/h8-11,18,28H,7,12-15H2,1-6H3. The number of anilines is 1. The summed E-state index contributed by atoms with van der Waals surface area (Å²) in [5.41, 5.74) is 2.54. The van der Waals surface area contributed by atoms with Gasteiger partial charge in [-0.3, -0.25) is 0 Å². The summed E-state index contributed by atoms with van der Waals surface area (Å²) in [7, 11) is 1.32. The normalized spacial score (nSPS) is 17.1. The predicted octanol–water partition coefficient (Wildman–Crippen LogP) is 6.92. The minimum Gasteiger partial charge on any atom is -0.479 e. The Morgan fingerprint density at radius 1 is 1.18 bits per heavy atom. The van der Waals surface area contributed by atoms with Crippen molar-refractivity contribution >= 4 is 44.9 Å². The van der Waals surface area contributed by atoms with Crippen LogP contribution in [0.4, 0.5) is 5.69 Å². The number of hydrogen-bond acceptors (Lipinski definition) is 7. The summed E-state index contributed by atoms with van der Waals surface area (Å²) in [5.74, 6) is -0.728. The fourth-order valence-electron chi connectivity index (χ4n) is 5.21. The van der Waals surface area contributed by atoms with Gasteiger partial charge in [-0.25, -0.2) is 9.59 Å². The van der Waals surface area contributed by atoms with Gasteiger partial charge in [-0.1, -0.05) is 39.8 Å². The van der Waals surface area contributed by atoms with Crippen LogP contribution in [0.2, 0.25) is 0 Å². The molecule has 6 nitrogen and oxygen atoms in total. The Morgan fingerprint density at radius 2 is 1.85 bits per heavy atom. The van der Waals surface area contributed by atoms with Crippen LogP contribution in [0.25, 0.3) is 10.4 Å². The van der Waals surface area contributed by atoms with Gasteiger partial charge in [0.15, 0.2) is 17.2 Å². The molecule has 34 heavy (non-hydrogen) atoms. The number of methoxy groups -OCH3 is 1. The van der Waals surface area contributed by atoms with Gasteiger partial charge in [-0.2, -0.15) is 0 Å². The van der Waals surface area contributed by atoms with Crippen molar-refractivity contribution in [2.24, 2.45) is 10.8 Å². The lowest BCUT2D eigenvalue weighted by Gasteiger charge is -2.45. The molecule has 0 radical (unpaired) electrons. The van der Waals surface area contributed by atoms with Crippen molar-refractivity contribution in [2.45, 2.75) is 59.9 Å². The van der Waals surface area contributed by atoms with Crippen LogP contribution in [-0.4, -0.2) is 38.3 Å². The Hall–Kier alpha value is -2.06. The summed E-state index contributed by atoms with van der Waals surface area (Å²) >= 11 is 4.85. The van der Waals surface area contributed by atoms with E-state index in [4.69, 9.17) is 14.2 Å². The van der Waals surface area contributed by atoms with Crippen LogP contribution in [0.5, 0.6) is 5.75 Å². The number of carbonyl (C=O) groups is 2. The van der Waals surface area contributed by atoms with Crippen LogP contribution in [0, 0.1) is 10.8 Å². The van der Waals surface area contributed by atoms with Crippen LogP contribution in [0.15, 0.2) is 28.7 Å². The molecule has 0 spiro atoms. The van der Waals surface area contributed by atoms with E-state index in [1.54, 1.807) is 6.92 Å². The average Bonchev–Trinajstić information content (AvgIpc) is 3.06. The molecule has 1 saturated carbocycles. The largest absolute Gasteiger partial charge is 0.479 e. The van der Waals surface area contributed by atoms with Gasteiger partial charge >= 0.3 is 11.9 Å². The van der Waals surface area contributed by atoms with E-state index in [2.05, 4.69) is 61.1 Å². The maximum absolute atomic E-state index is 12.4. The smallest absolute Gasteiger partial charge is 0.351 e. The monoisotopic (exact) mass is 551 g/mol. The van der Waals surface area contributed by atoms with Gasteiger partial charge in [-0.15, -0.1) is 11.3 Å². The lowest BCUT2D eigenvalue weighted by molar-refractivity contribution is -0.145. The van der Waals surface area contributed by atoms with Gasteiger partial charge in [0.25, 0.3) is 0 Å². The summed E-state index contributed by atoms with van der Waals surface area (Å²) in [5, 5.41) is 3.74. The Balaban J connectivity index is 1.88. The Bertz CT molecular complexity index is 1030. The molecular weight excluding hydrogens is 518 g/mol. The molecule has 0 amide bonds. The first-order valence-electron chi connectivity index (χ1n) is 11.5. The zero-order valence-corrected chi connectivity index (χ0v) is 23.2. The molecule has 1 N–H and O–H groups in total. The van der Waals surface area contributed by atoms with E-state index < -0.39 is 11.9 Å². The molecule has 3 rings (SSSR count). The topological polar surface area (TPSA) is 73.9 Å². The zero-order valence-electron chi connectivity index (χ0n) is 20.7. The number of carbonyl (C=O) groups excluding carboxylic acids is 2. The van der Waals surface area contributed by atoms with Crippen LogP contribution in [0.3, 0.4) is 0 Å². The van der Waals surface area contributed by atoms with Crippen molar-refractivity contribution in [1.82, 2.24) is 0 Å². The van der Waals surface area contributed by atoms with Gasteiger partial charge in [0, 0.05) is 11.7 Å². The molecule has 0 atom stereocenters. The first kappa shape index (κ1) is 26.5. The summed E-state index contributed by atoms with van der Waals surface area (Å²) < 4.78 is 16.2. The van der Waals surface area contributed by atoms with Crippen molar-refractivity contribution in [1.29, 1.82) is 0 Å². The van der Waals surface area contributed by atoms with Crippen LogP contribution in [-0.2, 0) is 14.3 Å². The van der Waals surface area contributed by atoms with Crippen molar-refractivity contribution in [2.75, 3.05) is 25.6 Å². The molecule has 0 unspecified atom stereocenters. The molecule has 1 aromatic carbocycles. The highest BCUT2D eigenvalue weighted by molar-refractivity contribution is 9.10. The number of rotatable bonds is 8. The lowest BCUT2D eigenvalue weighted by atomic mass is 9.63. The first-order valence-corrected chi connectivity index (χ1v) is 13.1. The SMILES string of the molecule is CCOC(=O)COc1c(C(=O)OC)sc(-c2cccc(NC3CC(C)(C)CC(C)(C)C3)c2)c1Br. The van der Waals surface area contributed by atoms with Crippen molar-refractivity contribution in [3.8, 4) is 16.2 Å². The third-order valence-electron chi connectivity index (χ3n) is 5.87. The Morgan fingerprint density at radius 3 is 2.47 bits per heavy atom. The van der Waals surface area contributed by atoms with Gasteiger partial charge < -0.3 is 19.5 Å². The molecular formula is C26H34BrNO5S. The maximum atomic E-state index is 12.4. The van der Waals surface area contributed by atoms with Crippen molar-refractivity contribution < 1.29 is 23.8 Å². The van der Waals surface area contributed by atoms with Gasteiger partial charge in [0.2, 0.25) is 0 Å². The predicted molar refractivity (Wildman–Crippen MR) is 140 cm³/mol. The third-order valence-corrected chi connectivity index (χ3v) is 8.09. The second-order valence-electron chi connectivity index (χ2n) is 10.3. The molecule has 0 bridgehead atoms. The van der Waals surface area contributed by atoms with Crippen LogP contribution in [0.1, 0.15) is 63.6 Å². The van der Waals surface area contributed by atoms with E-state index in [-0.39, 0.29) is 29.8 Å². The fourth-order valence-corrected chi connectivity index (χ4v) is 7.17. The minimum absolute atomic E-state index is 0.261. The van der Waals surface area contributed by atoms with E-state index >= 15 is 0 Å². The summed E-state index contributed by atoms with van der Waals surface area (Å²) in [6, 6.07) is 8.53.